The molecule has 0 saturated carbocycles. The second-order valence-corrected chi connectivity index (χ2v) is 2.03. The molecule has 0 fully saturated rings. The van der Waals surface area contributed by atoms with Gasteiger partial charge in [-0.25, -0.2) is 0 Å². The molecule has 56 valence electrons. The van der Waals surface area contributed by atoms with Gasteiger partial charge in [0.25, 0.3) is 0 Å². The molecule has 0 aromatic carbocycles. The maximum Gasteiger partial charge on any atom is 0.401 e. The molecular weight excluding hydrogens is 145 g/mol. The summed E-state index contributed by atoms with van der Waals surface area (Å²) in [6.45, 7) is 1.31. The Morgan fingerprint density at radius 2 is 2.10 bits per heavy atom. The van der Waals surface area contributed by atoms with Crippen LogP contribution in [0.2, 0.25) is 0 Å². The van der Waals surface area contributed by atoms with Crippen LogP contribution in [0.4, 0.5) is 13.2 Å². The van der Waals surface area contributed by atoms with Crippen molar-refractivity contribution in [3.63, 3.8) is 0 Å². The molecule has 1 aliphatic rings. The molecule has 0 N–H and O–H groups in total. The van der Waals surface area contributed by atoms with E-state index in [0.29, 0.717) is 0 Å². The zero-order valence-electron chi connectivity index (χ0n) is 5.18. The highest BCUT2D eigenvalue weighted by Gasteiger charge is 2.42. The monoisotopic (exact) mass is 150 g/mol. The molecule has 10 heavy (non-hydrogen) atoms. The van der Waals surface area contributed by atoms with Gasteiger partial charge in [-0.05, 0) is 6.92 Å². The number of hydrogen-bond donors (Lipinski definition) is 0. The average Bonchev–Trinajstić information content (AvgIpc) is 2.11. The van der Waals surface area contributed by atoms with Crippen molar-refractivity contribution in [3.8, 4) is 0 Å². The second kappa shape index (κ2) is 2.07. The van der Waals surface area contributed by atoms with E-state index in [9.17, 15) is 13.2 Å². The molecule has 0 saturated heterocycles. The third-order valence-corrected chi connectivity index (χ3v) is 1.23. The average molecular weight is 150 g/mol. The number of rotatable bonds is 0. The van der Waals surface area contributed by atoms with Crippen LogP contribution >= 0.6 is 0 Å². The molecule has 0 bridgehead atoms. The summed E-state index contributed by atoms with van der Waals surface area (Å²) in [5.74, 6) is -1.56. The zero-order chi connectivity index (χ0) is 7.78. The molecule has 0 aromatic rings. The van der Waals surface area contributed by atoms with Gasteiger partial charge in [-0.2, -0.15) is 23.4 Å². The molecule has 5 heteroatoms. The summed E-state index contributed by atoms with van der Waals surface area (Å²) in [7, 11) is 0. The quantitative estimate of drug-likeness (QED) is 0.501. The maximum absolute atomic E-state index is 11.8. The molecule has 0 aliphatic carbocycles. The first-order valence-electron chi connectivity index (χ1n) is 2.66. The molecule has 1 aliphatic heterocycles. The maximum atomic E-state index is 11.8. The predicted octanol–water partition coefficient (Wildman–Crippen LogP) is 1.63. The van der Waals surface area contributed by atoms with Crippen molar-refractivity contribution < 1.29 is 13.2 Å². The molecule has 0 aromatic heterocycles. The Balaban J connectivity index is 2.76. The molecule has 0 radical (unpaired) electrons. The van der Waals surface area contributed by atoms with Crippen LogP contribution in [0.3, 0.4) is 0 Å². The summed E-state index contributed by atoms with van der Waals surface area (Å²) in [5.41, 5.74) is 0.00694. The Morgan fingerprint density at radius 3 is 2.30 bits per heavy atom. The van der Waals surface area contributed by atoms with Crippen LogP contribution in [0.15, 0.2) is 10.2 Å². The van der Waals surface area contributed by atoms with E-state index in [1.165, 1.54) is 6.92 Å². The summed E-state index contributed by atoms with van der Waals surface area (Å²) in [6.07, 6.45) is -3.43. The van der Waals surface area contributed by atoms with Crippen molar-refractivity contribution in [1.82, 2.24) is 0 Å². The van der Waals surface area contributed by atoms with Crippen LogP contribution < -0.4 is 0 Å². The van der Waals surface area contributed by atoms with Crippen molar-refractivity contribution in [2.24, 2.45) is 16.1 Å². The first kappa shape index (κ1) is 7.24. The van der Waals surface area contributed by atoms with Gasteiger partial charge in [0.15, 0.2) is 0 Å². The lowest BCUT2D eigenvalue weighted by atomic mass is 10.1. The second-order valence-electron chi connectivity index (χ2n) is 2.03. The summed E-state index contributed by atoms with van der Waals surface area (Å²) in [4.78, 5) is 0. The molecule has 2 nitrogen and oxygen atoms in total. The number of hydrogen-bond acceptors (Lipinski definition) is 2. The lowest BCUT2D eigenvalue weighted by Gasteiger charge is -2.10. The van der Waals surface area contributed by atoms with Gasteiger partial charge in [0.2, 0.25) is 0 Å². The molecule has 0 unspecified atom stereocenters. The lowest BCUT2D eigenvalue weighted by Crippen LogP contribution is -2.28. The largest absolute Gasteiger partial charge is 0.401 e. The van der Waals surface area contributed by atoms with Gasteiger partial charge in [-0.3, -0.25) is 0 Å². The highest BCUT2D eigenvalue weighted by Crippen LogP contribution is 2.27. The molecule has 1 atom stereocenters. The Hall–Kier alpha value is -0.870. The van der Waals surface area contributed by atoms with E-state index in [-0.39, 0.29) is 5.71 Å². The van der Waals surface area contributed by atoms with Crippen LogP contribution in [0.1, 0.15) is 6.92 Å². The third-order valence-electron chi connectivity index (χ3n) is 1.23. The Bertz CT molecular complexity index is 192. The Kier molecular flexibility index (Phi) is 1.50. The lowest BCUT2D eigenvalue weighted by molar-refractivity contribution is -0.137. The van der Waals surface area contributed by atoms with E-state index in [1.54, 1.807) is 0 Å². The van der Waals surface area contributed by atoms with Gasteiger partial charge in [-0.15, -0.1) is 0 Å². The molecule has 1 rings (SSSR count). The Morgan fingerprint density at radius 1 is 1.50 bits per heavy atom. The number of alkyl halides is 3. The third kappa shape index (κ3) is 1.17. The summed E-state index contributed by atoms with van der Waals surface area (Å²) < 4.78 is 35.5. The van der Waals surface area contributed by atoms with E-state index >= 15 is 0 Å². The predicted molar refractivity (Wildman–Crippen MR) is 31.1 cm³/mol. The SMILES string of the molecule is CC1=NN=C[C@@H]1C(F)(F)F. The van der Waals surface area contributed by atoms with E-state index < -0.39 is 12.1 Å². The van der Waals surface area contributed by atoms with Crippen molar-refractivity contribution in [2.45, 2.75) is 13.1 Å². The number of nitrogens with zero attached hydrogens (tertiary/aromatic N) is 2. The molecule has 1 heterocycles. The van der Waals surface area contributed by atoms with Crippen LogP contribution in [-0.4, -0.2) is 18.1 Å². The first-order chi connectivity index (χ1) is 4.52. The minimum Gasteiger partial charge on any atom is -0.170 e. The van der Waals surface area contributed by atoms with Crippen LogP contribution in [0.5, 0.6) is 0 Å². The zero-order valence-corrected chi connectivity index (χ0v) is 5.18. The standard InChI is InChI=1S/C5H5F3N2/c1-3-4(2-9-10-3)5(6,7)8/h2,4H,1H3/t4-/m0/s1. The van der Waals surface area contributed by atoms with E-state index in [2.05, 4.69) is 10.2 Å². The van der Waals surface area contributed by atoms with E-state index in [4.69, 9.17) is 0 Å². The van der Waals surface area contributed by atoms with Crippen molar-refractivity contribution >= 4 is 11.9 Å². The summed E-state index contributed by atoms with van der Waals surface area (Å²) in [6, 6.07) is 0. The molecular formula is C5H5F3N2. The van der Waals surface area contributed by atoms with Crippen LogP contribution in [0.25, 0.3) is 0 Å². The number of halogens is 3. The van der Waals surface area contributed by atoms with Crippen molar-refractivity contribution in [3.05, 3.63) is 0 Å². The summed E-state index contributed by atoms with van der Waals surface area (Å²) in [5, 5.41) is 6.41. The van der Waals surface area contributed by atoms with Gasteiger partial charge in [-0.1, -0.05) is 0 Å². The van der Waals surface area contributed by atoms with Crippen molar-refractivity contribution in [2.75, 3.05) is 0 Å². The smallest absolute Gasteiger partial charge is 0.170 e. The van der Waals surface area contributed by atoms with Crippen LogP contribution in [-0.2, 0) is 0 Å². The molecule has 0 amide bonds. The minimum absolute atomic E-state index is 0.00694. The Labute approximate surface area is 55.5 Å². The highest BCUT2D eigenvalue weighted by molar-refractivity contribution is 6.00. The van der Waals surface area contributed by atoms with Crippen molar-refractivity contribution in [1.29, 1.82) is 0 Å². The fourth-order valence-corrected chi connectivity index (χ4v) is 0.683. The van der Waals surface area contributed by atoms with E-state index in [0.717, 1.165) is 6.21 Å². The van der Waals surface area contributed by atoms with Gasteiger partial charge in [0.05, 0.1) is 5.71 Å². The normalized spacial score (nSPS) is 25.2. The minimum atomic E-state index is -4.23. The fraction of sp³-hybridized carbons (Fsp3) is 0.600. The highest BCUT2D eigenvalue weighted by atomic mass is 19.4. The van der Waals surface area contributed by atoms with Gasteiger partial charge in [0.1, 0.15) is 5.92 Å². The topological polar surface area (TPSA) is 24.7 Å². The first-order valence-corrected chi connectivity index (χ1v) is 2.66. The van der Waals surface area contributed by atoms with Gasteiger partial charge in [0, 0.05) is 6.21 Å². The fourth-order valence-electron chi connectivity index (χ4n) is 0.683. The summed E-state index contributed by atoms with van der Waals surface area (Å²) >= 11 is 0. The van der Waals surface area contributed by atoms with Gasteiger partial charge < -0.3 is 0 Å². The van der Waals surface area contributed by atoms with Gasteiger partial charge >= 0.3 is 6.18 Å². The van der Waals surface area contributed by atoms with Crippen LogP contribution in [0, 0.1) is 5.92 Å². The van der Waals surface area contributed by atoms with E-state index in [1.807, 2.05) is 0 Å². The molecule has 0 spiro atoms.